The van der Waals surface area contributed by atoms with Crippen molar-refractivity contribution in [2.75, 3.05) is 53.6 Å². The summed E-state index contributed by atoms with van der Waals surface area (Å²) in [7, 11) is 3.08. The van der Waals surface area contributed by atoms with Gasteiger partial charge in [0.05, 0.1) is 43.0 Å². The van der Waals surface area contributed by atoms with Gasteiger partial charge in [-0.2, -0.15) is 0 Å². The second-order valence-electron chi connectivity index (χ2n) is 12.4. The lowest BCUT2D eigenvalue weighted by Gasteiger charge is -2.38. The number of piperazine rings is 1. The second kappa shape index (κ2) is 15.0. The Morgan fingerprint density at radius 3 is 2.47 bits per heavy atom. The number of Topliss-reactive ketones (excluding diaryl/α,β-unsaturated/α-hetero) is 1. The lowest BCUT2D eigenvalue weighted by atomic mass is 9.89. The first kappa shape index (κ1) is 33.9. The number of amides is 1. The number of rotatable bonds is 13. The summed E-state index contributed by atoms with van der Waals surface area (Å²) in [5.74, 6) is 1.20. The van der Waals surface area contributed by atoms with Crippen LogP contribution in [-0.2, 0) is 0 Å². The highest BCUT2D eigenvalue weighted by Gasteiger charge is 2.34. The third-order valence-corrected chi connectivity index (χ3v) is 9.47. The largest absolute Gasteiger partial charge is 0.497 e. The van der Waals surface area contributed by atoms with Gasteiger partial charge in [0.25, 0.3) is 5.91 Å². The molecule has 13 nitrogen and oxygen atoms in total. The van der Waals surface area contributed by atoms with Gasteiger partial charge in [0, 0.05) is 68.6 Å². The van der Waals surface area contributed by atoms with Gasteiger partial charge < -0.3 is 29.2 Å². The molecule has 3 aliphatic heterocycles. The average molecular weight is 672 g/mol. The van der Waals surface area contributed by atoms with E-state index in [1.54, 1.807) is 49.6 Å². The van der Waals surface area contributed by atoms with E-state index in [2.05, 4.69) is 15.2 Å². The van der Waals surface area contributed by atoms with E-state index in [4.69, 9.17) is 18.9 Å². The van der Waals surface area contributed by atoms with Crippen LogP contribution in [0.25, 0.3) is 0 Å². The SMILES string of the molecule is COc1ccc(Oc2ccc(C(=O)C(C)C(CCOc3cc4c(cc3OC)C(=O)N3CCC[C@H]3C=N4)N3CCNCC3)cc2[N+](=O)[O-])cc1. The Hall–Kier alpha value is -5.01. The number of hydrogen-bond donors (Lipinski definition) is 1. The van der Waals surface area contributed by atoms with Crippen LogP contribution in [0, 0.1) is 16.0 Å². The number of fused-ring (bicyclic) bond motifs is 2. The molecule has 258 valence electrons. The molecule has 0 bridgehead atoms. The zero-order valence-electron chi connectivity index (χ0n) is 27.9. The number of carbonyl (C=O) groups excluding carboxylic acids is 2. The topological polar surface area (TPSA) is 145 Å². The first-order chi connectivity index (χ1) is 23.8. The van der Waals surface area contributed by atoms with Crippen LogP contribution < -0.4 is 24.3 Å². The van der Waals surface area contributed by atoms with Crippen molar-refractivity contribution in [1.29, 1.82) is 0 Å². The minimum Gasteiger partial charge on any atom is -0.497 e. The molecule has 0 radical (unpaired) electrons. The molecular formula is C36H41N5O8. The van der Waals surface area contributed by atoms with E-state index >= 15 is 0 Å². The van der Waals surface area contributed by atoms with Gasteiger partial charge in [-0.05, 0) is 61.7 Å². The van der Waals surface area contributed by atoms with Crippen LogP contribution in [0.3, 0.4) is 0 Å². The van der Waals surface area contributed by atoms with Crippen LogP contribution in [0.15, 0.2) is 59.6 Å². The fourth-order valence-electron chi connectivity index (χ4n) is 6.78. The summed E-state index contributed by atoms with van der Waals surface area (Å²) in [6.07, 6.45) is 4.18. The van der Waals surface area contributed by atoms with Crippen molar-refractivity contribution in [3.8, 4) is 28.7 Å². The van der Waals surface area contributed by atoms with Crippen LogP contribution in [0.1, 0.15) is 46.9 Å². The van der Waals surface area contributed by atoms with Crippen LogP contribution in [0.5, 0.6) is 28.7 Å². The lowest BCUT2D eigenvalue weighted by molar-refractivity contribution is -0.385. The molecule has 0 aliphatic carbocycles. The maximum Gasteiger partial charge on any atom is 0.312 e. The van der Waals surface area contributed by atoms with E-state index in [1.807, 2.05) is 18.0 Å². The highest BCUT2D eigenvalue weighted by atomic mass is 16.6. The molecule has 49 heavy (non-hydrogen) atoms. The van der Waals surface area contributed by atoms with E-state index in [0.29, 0.717) is 47.2 Å². The fourth-order valence-corrected chi connectivity index (χ4v) is 6.78. The average Bonchev–Trinajstić information content (AvgIpc) is 3.56. The number of ether oxygens (including phenoxy) is 4. The van der Waals surface area contributed by atoms with Crippen molar-refractivity contribution in [3.05, 3.63) is 75.8 Å². The van der Waals surface area contributed by atoms with Gasteiger partial charge in [0.2, 0.25) is 5.75 Å². The standard InChI is InChI=1S/C36H41N5O8/c1-23(35(42)24-6-11-32(31(19-24)41(44)45)49-27-9-7-26(46-2)8-10-27)30(39-16-13-37-14-17-39)12-18-48-34-21-29-28(20-33(34)47-3)36(43)40-15-4-5-25(40)22-38-29/h6-11,19-23,25,30,37H,4-5,12-18H2,1-3H3/t23?,25-,30?/m0/s1. The van der Waals surface area contributed by atoms with Crippen LogP contribution >= 0.6 is 0 Å². The second-order valence-corrected chi connectivity index (χ2v) is 12.4. The van der Waals surface area contributed by atoms with Gasteiger partial charge in [-0.1, -0.05) is 6.92 Å². The zero-order chi connectivity index (χ0) is 34.5. The number of ketones is 1. The summed E-state index contributed by atoms with van der Waals surface area (Å²) in [5.41, 5.74) is 0.960. The van der Waals surface area contributed by atoms with E-state index in [0.717, 1.165) is 39.0 Å². The third-order valence-electron chi connectivity index (χ3n) is 9.47. The smallest absolute Gasteiger partial charge is 0.312 e. The number of aliphatic imine (C=N–C) groups is 1. The van der Waals surface area contributed by atoms with E-state index in [-0.39, 0.29) is 47.4 Å². The molecule has 2 saturated heterocycles. The van der Waals surface area contributed by atoms with Crippen molar-refractivity contribution in [1.82, 2.24) is 15.1 Å². The summed E-state index contributed by atoms with van der Waals surface area (Å²) in [6.45, 7) is 5.88. The van der Waals surface area contributed by atoms with Gasteiger partial charge in [0.1, 0.15) is 11.5 Å². The molecule has 2 fully saturated rings. The van der Waals surface area contributed by atoms with Crippen LogP contribution in [0.2, 0.25) is 0 Å². The Morgan fingerprint density at radius 2 is 1.76 bits per heavy atom. The minimum atomic E-state index is -0.544. The number of nitrogens with zero attached hydrogens (tertiary/aromatic N) is 4. The Balaban J connectivity index is 1.19. The Bertz CT molecular complexity index is 1720. The highest BCUT2D eigenvalue weighted by molar-refractivity contribution is 6.03. The summed E-state index contributed by atoms with van der Waals surface area (Å²) in [5, 5.41) is 15.4. The lowest BCUT2D eigenvalue weighted by Crippen LogP contribution is -2.52. The molecule has 3 heterocycles. The van der Waals surface area contributed by atoms with Gasteiger partial charge in [0.15, 0.2) is 17.3 Å². The monoisotopic (exact) mass is 671 g/mol. The quantitative estimate of drug-likeness (QED) is 0.145. The van der Waals surface area contributed by atoms with Gasteiger partial charge in [-0.3, -0.25) is 29.6 Å². The summed E-state index contributed by atoms with van der Waals surface area (Å²) in [6, 6.07) is 14.2. The van der Waals surface area contributed by atoms with Crippen molar-refractivity contribution in [2.45, 2.75) is 38.3 Å². The molecule has 0 saturated carbocycles. The van der Waals surface area contributed by atoms with Crippen molar-refractivity contribution >= 4 is 29.3 Å². The maximum absolute atomic E-state index is 14.0. The molecule has 0 aromatic heterocycles. The molecule has 2 unspecified atom stereocenters. The molecule has 0 spiro atoms. The number of carbonyl (C=O) groups is 2. The Morgan fingerprint density at radius 1 is 1.00 bits per heavy atom. The van der Waals surface area contributed by atoms with E-state index < -0.39 is 10.8 Å². The Labute approximate surface area is 284 Å². The number of nitro benzene ring substituents is 1. The van der Waals surface area contributed by atoms with Crippen LogP contribution in [-0.4, -0.2) is 98.3 Å². The molecule has 6 rings (SSSR count). The maximum atomic E-state index is 14.0. The first-order valence-corrected chi connectivity index (χ1v) is 16.6. The number of hydrogen-bond acceptors (Lipinski definition) is 11. The molecule has 13 heteroatoms. The van der Waals surface area contributed by atoms with Gasteiger partial charge in [-0.15, -0.1) is 0 Å². The predicted molar refractivity (Wildman–Crippen MR) is 183 cm³/mol. The molecule has 3 aliphatic rings. The van der Waals surface area contributed by atoms with E-state index in [1.165, 1.54) is 19.2 Å². The van der Waals surface area contributed by atoms with Crippen molar-refractivity contribution in [3.63, 3.8) is 0 Å². The highest BCUT2D eigenvalue weighted by Crippen LogP contribution is 2.39. The molecule has 3 atom stereocenters. The number of benzene rings is 3. The zero-order valence-corrected chi connectivity index (χ0v) is 27.9. The number of nitro groups is 1. The summed E-state index contributed by atoms with van der Waals surface area (Å²) in [4.78, 5) is 47.5. The molecule has 1 amide bonds. The number of methoxy groups -OCH3 is 2. The van der Waals surface area contributed by atoms with Crippen molar-refractivity contribution in [2.24, 2.45) is 10.9 Å². The van der Waals surface area contributed by atoms with Gasteiger partial charge in [-0.25, -0.2) is 0 Å². The predicted octanol–water partition coefficient (Wildman–Crippen LogP) is 5.29. The third kappa shape index (κ3) is 7.37. The summed E-state index contributed by atoms with van der Waals surface area (Å²) >= 11 is 0. The van der Waals surface area contributed by atoms with Crippen molar-refractivity contribution < 1.29 is 33.5 Å². The van der Waals surface area contributed by atoms with E-state index in [9.17, 15) is 19.7 Å². The number of nitrogens with one attached hydrogen (secondary N) is 1. The Kier molecular flexibility index (Phi) is 10.4. The molecule has 3 aromatic carbocycles. The normalized spacial score (nSPS) is 18.6. The van der Waals surface area contributed by atoms with Crippen LogP contribution in [0.4, 0.5) is 11.4 Å². The molecule has 3 aromatic rings. The fraction of sp³-hybridized carbons (Fsp3) is 0.417. The first-order valence-electron chi connectivity index (χ1n) is 16.6. The summed E-state index contributed by atoms with van der Waals surface area (Å²) < 4.78 is 22.9. The van der Waals surface area contributed by atoms with Gasteiger partial charge >= 0.3 is 5.69 Å². The molecular weight excluding hydrogens is 630 g/mol. The minimum absolute atomic E-state index is 0.00674. The molecule has 1 N–H and O–H groups in total.